The Balaban J connectivity index is 1.51. The SMILES string of the molecule is CCOC(=O)Cn1c(=NC(=O)CS(=O)(=O)CC(=O)Nc2sc3c(c2C(=O)OCC)CCCC3)sc2ccccc21. The lowest BCUT2D eigenvalue weighted by atomic mass is 9.95. The largest absolute Gasteiger partial charge is 0.465 e. The Hall–Kier alpha value is -3.36. The second-order valence-corrected chi connectivity index (χ2v) is 13.1. The highest BCUT2D eigenvalue weighted by Crippen LogP contribution is 2.38. The van der Waals surface area contributed by atoms with Gasteiger partial charge in [-0.05, 0) is 57.2 Å². The number of anilines is 1. The number of hydrogen-bond donors (Lipinski definition) is 1. The first-order chi connectivity index (χ1) is 19.1. The van der Waals surface area contributed by atoms with Gasteiger partial charge < -0.3 is 19.4 Å². The maximum absolute atomic E-state index is 12.8. The molecule has 4 rings (SSSR count). The monoisotopic (exact) mass is 607 g/mol. The molecule has 2 heterocycles. The summed E-state index contributed by atoms with van der Waals surface area (Å²) in [5, 5.41) is 2.81. The number of aryl methyl sites for hydroxylation is 1. The van der Waals surface area contributed by atoms with E-state index < -0.39 is 45.1 Å². The molecule has 0 radical (unpaired) electrons. The third-order valence-corrected chi connectivity index (χ3v) is 9.65. The molecule has 0 bridgehead atoms. The van der Waals surface area contributed by atoms with Crippen LogP contribution in [0.5, 0.6) is 0 Å². The van der Waals surface area contributed by atoms with E-state index in [1.807, 2.05) is 0 Å². The predicted molar refractivity (Wildman–Crippen MR) is 151 cm³/mol. The van der Waals surface area contributed by atoms with Crippen molar-refractivity contribution in [2.24, 2.45) is 4.99 Å². The first-order valence-corrected chi connectivity index (χ1v) is 16.2. The second-order valence-electron chi connectivity index (χ2n) is 8.96. The van der Waals surface area contributed by atoms with Gasteiger partial charge in [0, 0.05) is 4.88 Å². The standard InChI is InChI=1S/C26H29N3O8S3/c1-3-36-22(32)13-29-17-10-6-8-12-19(17)39-26(29)28-21(31)15-40(34,35)14-20(30)27-24-23(25(33)37-4-2)16-9-5-7-11-18(16)38-24/h6,8,10,12H,3-5,7,9,11,13-15H2,1-2H3,(H,27,30). The number of benzene rings is 1. The maximum Gasteiger partial charge on any atom is 0.341 e. The molecule has 3 aromatic rings. The molecular formula is C26H29N3O8S3. The fourth-order valence-corrected chi connectivity index (χ4v) is 7.76. The van der Waals surface area contributed by atoms with Crippen molar-refractivity contribution >= 4 is 71.5 Å². The van der Waals surface area contributed by atoms with Gasteiger partial charge in [-0.3, -0.25) is 14.4 Å². The van der Waals surface area contributed by atoms with Crippen LogP contribution in [0.1, 0.15) is 47.5 Å². The molecule has 214 valence electrons. The Labute approximate surface area is 238 Å². The zero-order valence-electron chi connectivity index (χ0n) is 22.1. The molecule has 0 saturated heterocycles. The van der Waals surface area contributed by atoms with E-state index in [9.17, 15) is 27.6 Å². The summed E-state index contributed by atoms with van der Waals surface area (Å²) in [6, 6.07) is 7.10. The number of thiazole rings is 1. The van der Waals surface area contributed by atoms with Crippen molar-refractivity contribution < 1.29 is 37.1 Å². The van der Waals surface area contributed by atoms with Crippen molar-refractivity contribution in [3.8, 4) is 0 Å². The Bertz CT molecular complexity index is 1630. The Morgan fingerprint density at radius 1 is 1.00 bits per heavy atom. The van der Waals surface area contributed by atoms with Crippen LogP contribution in [-0.2, 0) is 53.1 Å². The molecule has 14 heteroatoms. The van der Waals surface area contributed by atoms with Crippen LogP contribution in [0.3, 0.4) is 0 Å². The topological polar surface area (TPSA) is 150 Å². The number of hydrogen-bond acceptors (Lipinski definition) is 10. The first kappa shape index (κ1) is 29.6. The molecule has 0 saturated carbocycles. The molecule has 0 fully saturated rings. The van der Waals surface area contributed by atoms with Crippen LogP contribution >= 0.6 is 22.7 Å². The number of nitrogens with one attached hydrogen (secondary N) is 1. The zero-order valence-corrected chi connectivity index (χ0v) is 24.5. The summed E-state index contributed by atoms with van der Waals surface area (Å²) in [4.78, 5) is 55.2. The van der Waals surface area contributed by atoms with Gasteiger partial charge >= 0.3 is 11.9 Å². The number of para-hydroxylation sites is 1. The minimum atomic E-state index is -4.20. The van der Waals surface area contributed by atoms with E-state index in [4.69, 9.17) is 9.47 Å². The molecule has 40 heavy (non-hydrogen) atoms. The first-order valence-electron chi connectivity index (χ1n) is 12.7. The van der Waals surface area contributed by atoms with E-state index in [0.29, 0.717) is 11.9 Å². The summed E-state index contributed by atoms with van der Waals surface area (Å²) >= 11 is 2.37. The number of carbonyl (C=O) groups excluding carboxylic acids is 4. The van der Waals surface area contributed by atoms with Gasteiger partial charge in [-0.25, -0.2) is 13.2 Å². The van der Waals surface area contributed by atoms with E-state index in [1.54, 1.807) is 38.1 Å². The molecule has 0 aliphatic heterocycles. The number of fused-ring (bicyclic) bond motifs is 2. The number of rotatable bonds is 10. The van der Waals surface area contributed by atoms with Crippen LogP contribution in [0.2, 0.25) is 0 Å². The van der Waals surface area contributed by atoms with Gasteiger partial charge in [0.2, 0.25) is 5.91 Å². The zero-order chi connectivity index (χ0) is 28.9. The third-order valence-electron chi connectivity index (χ3n) is 6.00. The molecule has 0 spiro atoms. The number of esters is 2. The number of carbonyl (C=O) groups is 4. The van der Waals surface area contributed by atoms with Gasteiger partial charge in [0.1, 0.15) is 23.1 Å². The van der Waals surface area contributed by atoms with E-state index in [1.165, 1.54) is 15.9 Å². The van der Waals surface area contributed by atoms with Crippen molar-refractivity contribution in [1.82, 2.24) is 4.57 Å². The third kappa shape index (κ3) is 7.04. The van der Waals surface area contributed by atoms with E-state index in [2.05, 4.69) is 10.3 Å². The van der Waals surface area contributed by atoms with Crippen molar-refractivity contribution in [3.63, 3.8) is 0 Å². The summed E-state index contributed by atoms with van der Waals surface area (Å²) in [6.07, 6.45) is 3.31. The highest BCUT2D eigenvalue weighted by atomic mass is 32.2. The lowest BCUT2D eigenvalue weighted by molar-refractivity contribution is -0.143. The molecule has 1 aliphatic carbocycles. The van der Waals surface area contributed by atoms with Crippen LogP contribution in [0.15, 0.2) is 29.3 Å². The molecule has 1 aromatic carbocycles. The Morgan fingerprint density at radius 3 is 2.48 bits per heavy atom. The molecule has 1 aliphatic rings. The number of sulfone groups is 1. The van der Waals surface area contributed by atoms with E-state index >= 15 is 0 Å². The van der Waals surface area contributed by atoms with Crippen LogP contribution in [-0.4, -0.2) is 61.5 Å². The van der Waals surface area contributed by atoms with Crippen LogP contribution in [0, 0.1) is 0 Å². The lowest BCUT2D eigenvalue weighted by Gasteiger charge is -2.12. The van der Waals surface area contributed by atoms with Gasteiger partial charge in [0.05, 0.1) is 29.0 Å². The number of amides is 2. The van der Waals surface area contributed by atoms with Gasteiger partial charge in [-0.2, -0.15) is 4.99 Å². The van der Waals surface area contributed by atoms with E-state index in [-0.39, 0.29) is 35.1 Å². The lowest BCUT2D eigenvalue weighted by Crippen LogP contribution is -2.29. The number of aromatic nitrogens is 1. The van der Waals surface area contributed by atoms with Gasteiger partial charge in [-0.1, -0.05) is 23.5 Å². The summed E-state index contributed by atoms with van der Waals surface area (Å²) in [6.45, 7) is 3.50. The molecule has 2 amide bonds. The highest BCUT2D eigenvalue weighted by molar-refractivity contribution is 7.92. The molecule has 0 atom stereocenters. The maximum atomic E-state index is 12.8. The number of nitrogens with zero attached hydrogens (tertiary/aromatic N) is 2. The molecule has 1 N–H and O–H groups in total. The molecular weight excluding hydrogens is 579 g/mol. The van der Waals surface area contributed by atoms with Gasteiger partial charge in [0.25, 0.3) is 5.91 Å². The molecule has 2 aromatic heterocycles. The smallest absolute Gasteiger partial charge is 0.341 e. The van der Waals surface area contributed by atoms with Crippen molar-refractivity contribution in [2.75, 3.05) is 30.0 Å². The van der Waals surface area contributed by atoms with Gasteiger partial charge in [0.15, 0.2) is 14.6 Å². The van der Waals surface area contributed by atoms with Crippen LogP contribution < -0.4 is 10.1 Å². The quantitative estimate of drug-likeness (QED) is 0.346. The van der Waals surface area contributed by atoms with Crippen molar-refractivity contribution in [3.05, 3.63) is 45.1 Å². The highest BCUT2D eigenvalue weighted by Gasteiger charge is 2.29. The second kappa shape index (κ2) is 12.9. The Kier molecular flexibility index (Phi) is 9.53. The van der Waals surface area contributed by atoms with Crippen LogP contribution in [0.25, 0.3) is 10.2 Å². The minimum absolute atomic E-state index is 0.141. The normalized spacial score (nSPS) is 13.6. The average Bonchev–Trinajstić information content (AvgIpc) is 3.40. The predicted octanol–water partition coefficient (Wildman–Crippen LogP) is 2.86. The summed E-state index contributed by atoms with van der Waals surface area (Å²) in [7, 11) is -4.20. The average molecular weight is 608 g/mol. The summed E-state index contributed by atoms with van der Waals surface area (Å²) in [5.74, 6) is -4.89. The van der Waals surface area contributed by atoms with Crippen molar-refractivity contribution in [1.29, 1.82) is 0 Å². The minimum Gasteiger partial charge on any atom is -0.465 e. The number of ether oxygens (including phenoxy) is 2. The van der Waals surface area contributed by atoms with E-state index in [0.717, 1.165) is 45.7 Å². The Morgan fingerprint density at radius 2 is 1.73 bits per heavy atom. The molecule has 11 nitrogen and oxygen atoms in total. The summed E-state index contributed by atoms with van der Waals surface area (Å²) in [5.41, 5.74) is 1.75. The summed E-state index contributed by atoms with van der Waals surface area (Å²) < 4.78 is 37.9. The van der Waals surface area contributed by atoms with Crippen LogP contribution in [0.4, 0.5) is 5.00 Å². The number of thiophene rings is 1. The van der Waals surface area contributed by atoms with Gasteiger partial charge in [-0.15, -0.1) is 11.3 Å². The fraction of sp³-hybridized carbons (Fsp3) is 0.423. The van der Waals surface area contributed by atoms with Crippen molar-refractivity contribution in [2.45, 2.75) is 46.1 Å². The fourth-order valence-electron chi connectivity index (χ4n) is 4.41. The molecule has 0 unspecified atom stereocenters.